The van der Waals surface area contributed by atoms with Gasteiger partial charge in [-0.2, -0.15) is 0 Å². The number of rotatable bonds is 18. The predicted molar refractivity (Wildman–Crippen MR) is 197 cm³/mol. The Kier molecular flexibility index (Phi) is 11.2. The average molecular weight is 725 g/mol. The van der Waals surface area contributed by atoms with Crippen LogP contribution >= 0.6 is 0 Å². The highest BCUT2D eigenvalue weighted by atomic mass is 16.5. The first-order valence-electron chi connectivity index (χ1n) is 18.1. The third-order valence-corrected chi connectivity index (χ3v) is 10.8. The molecule has 4 aromatic rings. The fourth-order valence-electron chi connectivity index (χ4n) is 7.75. The molecular weight excluding hydrogens is 676 g/mol. The van der Waals surface area contributed by atoms with Crippen molar-refractivity contribution in [2.75, 3.05) is 26.3 Å². The lowest BCUT2D eigenvalue weighted by atomic mass is 9.79. The van der Waals surface area contributed by atoms with E-state index in [2.05, 4.69) is 6.92 Å². The Morgan fingerprint density at radius 1 is 0.717 bits per heavy atom. The number of fused-ring (bicyclic) bond motifs is 2. The second-order valence-corrected chi connectivity index (χ2v) is 14.9. The summed E-state index contributed by atoms with van der Waals surface area (Å²) in [5, 5.41) is 18.9. The Bertz CT molecular complexity index is 1840. The molecule has 2 aromatic heterocycles. The molecule has 12 heteroatoms. The van der Waals surface area contributed by atoms with Gasteiger partial charge in [-0.25, -0.2) is 0 Å². The standard InChI is InChI=1S/C41H48N4O8/c1-40(23-42,25-52-21-27-5-9-29(10-6-27)37(47)35-14-12-33-31(39(50)51)16-19-45(33)35)22-41(2,24-43)53-20-17-26-3-7-28(8-4-26)36(46)34-13-11-32-30(38(48)49)15-18-44(32)34/h3-14,30-31H,15-25,42-43H2,1-2H3,(H,48,49)(H,50,51)/t30-,31-,40?,41?/m0/s1. The van der Waals surface area contributed by atoms with Crippen LogP contribution in [0.3, 0.4) is 0 Å². The van der Waals surface area contributed by atoms with Gasteiger partial charge >= 0.3 is 11.9 Å². The molecule has 53 heavy (non-hydrogen) atoms. The van der Waals surface area contributed by atoms with Gasteiger partial charge in [0.05, 0.1) is 48.6 Å². The van der Waals surface area contributed by atoms with Crippen molar-refractivity contribution in [3.8, 4) is 0 Å². The largest absolute Gasteiger partial charge is 0.481 e. The SMILES string of the molecule is CC(CN)(COCc1ccc(C(=O)c2ccc3n2CC[C@@H]3C(=O)O)cc1)CC(C)(CN)OCCc1ccc(C(=O)c2ccc3n2CC[C@@H]3C(=O)O)cc1. The third-order valence-electron chi connectivity index (χ3n) is 10.8. The van der Waals surface area contributed by atoms with E-state index in [1.54, 1.807) is 48.5 Å². The van der Waals surface area contributed by atoms with E-state index in [9.17, 15) is 29.4 Å². The zero-order chi connectivity index (χ0) is 37.9. The van der Waals surface area contributed by atoms with Gasteiger partial charge in [-0.3, -0.25) is 19.2 Å². The van der Waals surface area contributed by atoms with Gasteiger partial charge in [0, 0.05) is 47.6 Å². The molecule has 2 unspecified atom stereocenters. The number of carboxylic acids is 2. The average Bonchev–Trinajstić information content (AvgIpc) is 3.94. The van der Waals surface area contributed by atoms with Crippen LogP contribution in [-0.2, 0) is 45.2 Å². The Morgan fingerprint density at radius 3 is 1.66 bits per heavy atom. The minimum Gasteiger partial charge on any atom is -0.481 e. The number of hydrogen-bond donors (Lipinski definition) is 4. The van der Waals surface area contributed by atoms with Crippen LogP contribution < -0.4 is 11.5 Å². The summed E-state index contributed by atoms with van der Waals surface area (Å²) in [6, 6.07) is 21.6. The van der Waals surface area contributed by atoms with Crippen molar-refractivity contribution in [2.24, 2.45) is 16.9 Å². The highest BCUT2D eigenvalue weighted by Crippen LogP contribution is 2.34. The molecule has 280 valence electrons. The van der Waals surface area contributed by atoms with Gasteiger partial charge in [-0.15, -0.1) is 0 Å². The quantitative estimate of drug-likeness (QED) is 0.104. The minimum atomic E-state index is -0.872. The molecule has 2 aliphatic rings. The molecule has 2 aliphatic heterocycles. The van der Waals surface area contributed by atoms with Gasteiger partial charge in [0.15, 0.2) is 0 Å². The first-order valence-corrected chi connectivity index (χ1v) is 18.1. The second-order valence-electron chi connectivity index (χ2n) is 14.9. The summed E-state index contributed by atoms with van der Waals surface area (Å²) in [5.41, 5.74) is 16.7. The molecule has 0 amide bonds. The zero-order valence-corrected chi connectivity index (χ0v) is 30.3. The monoisotopic (exact) mass is 724 g/mol. The van der Waals surface area contributed by atoms with Crippen LogP contribution in [0, 0.1) is 5.41 Å². The summed E-state index contributed by atoms with van der Waals surface area (Å²) in [6.45, 7) is 6.83. The number of benzene rings is 2. The van der Waals surface area contributed by atoms with Crippen LogP contribution in [-0.4, -0.2) is 74.8 Å². The van der Waals surface area contributed by atoms with Crippen LogP contribution in [0.5, 0.6) is 0 Å². The normalized spacial score (nSPS) is 18.6. The molecule has 12 nitrogen and oxygen atoms in total. The van der Waals surface area contributed by atoms with Gasteiger partial charge in [-0.1, -0.05) is 55.5 Å². The molecule has 0 aliphatic carbocycles. The molecule has 0 saturated carbocycles. The molecule has 6 N–H and O–H groups in total. The Morgan fingerprint density at radius 2 is 1.21 bits per heavy atom. The van der Waals surface area contributed by atoms with E-state index in [0.29, 0.717) is 99.0 Å². The first-order chi connectivity index (χ1) is 25.3. The number of hydrogen-bond acceptors (Lipinski definition) is 8. The van der Waals surface area contributed by atoms with Gasteiger partial charge in [0.2, 0.25) is 11.6 Å². The van der Waals surface area contributed by atoms with Gasteiger partial charge in [0.25, 0.3) is 0 Å². The fourth-order valence-corrected chi connectivity index (χ4v) is 7.75. The summed E-state index contributed by atoms with van der Waals surface area (Å²) in [6.07, 6.45) is 2.16. The van der Waals surface area contributed by atoms with Crippen molar-refractivity contribution in [1.82, 2.24) is 9.13 Å². The maximum Gasteiger partial charge on any atom is 0.312 e. The Hall–Kier alpha value is -4.88. The molecule has 2 aromatic carbocycles. The third kappa shape index (κ3) is 8.06. The molecule has 4 heterocycles. The number of aliphatic carboxylic acids is 2. The Labute approximate surface area is 308 Å². The summed E-state index contributed by atoms with van der Waals surface area (Å²) >= 11 is 0. The lowest BCUT2D eigenvalue weighted by Crippen LogP contribution is -2.46. The smallest absolute Gasteiger partial charge is 0.312 e. The van der Waals surface area contributed by atoms with E-state index >= 15 is 0 Å². The number of ketones is 2. The van der Waals surface area contributed by atoms with E-state index in [1.165, 1.54) is 0 Å². The molecule has 0 bridgehead atoms. The van der Waals surface area contributed by atoms with Crippen LogP contribution in [0.1, 0.15) is 99.6 Å². The van der Waals surface area contributed by atoms with Crippen LogP contribution in [0.2, 0.25) is 0 Å². The van der Waals surface area contributed by atoms with E-state index in [0.717, 1.165) is 11.1 Å². The van der Waals surface area contributed by atoms with Crippen molar-refractivity contribution in [1.29, 1.82) is 0 Å². The summed E-state index contributed by atoms with van der Waals surface area (Å²) in [4.78, 5) is 49.5. The number of ether oxygens (including phenoxy) is 2. The van der Waals surface area contributed by atoms with E-state index in [1.807, 2.05) is 40.3 Å². The predicted octanol–water partition coefficient (Wildman–Crippen LogP) is 4.74. The van der Waals surface area contributed by atoms with E-state index < -0.39 is 34.8 Å². The van der Waals surface area contributed by atoms with Crippen molar-refractivity contribution in [3.05, 3.63) is 118 Å². The lowest BCUT2D eigenvalue weighted by Gasteiger charge is -2.38. The number of carbonyl (C=O) groups is 4. The van der Waals surface area contributed by atoms with Crippen molar-refractivity contribution in [2.45, 2.75) is 76.7 Å². The summed E-state index contributed by atoms with van der Waals surface area (Å²) < 4.78 is 16.1. The van der Waals surface area contributed by atoms with Crippen LogP contribution in [0.25, 0.3) is 0 Å². The topological polar surface area (TPSA) is 189 Å². The van der Waals surface area contributed by atoms with Gasteiger partial charge in [-0.05, 0) is 74.5 Å². The zero-order valence-electron chi connectivity index (χ0n) is 30.3. The Balaban J connectivity index is 0.975. The maximum atomic E-state index is 13.2. The number of carbonyl (C=O) groups excluding carboxylic acids is 2. The van der Waals surface area contributed by atoms with Gasteiger partial charge in [0.1, 0.15) is 0 Å². The van der Waals surface area contributed by atoms with Crippen molar-refractivity contribution < 1.29 is 38.9 Å². The highest BCUT2D eigenvalue weighted by molar-refractivity contribution is 6.09. The van der Waals surface area contributed by atoms with Crippen molar-refractivity contribution >= 4 is 23.5 Å². The number of aromatic nitrogens is 2. The summed E-state index contributed by atoms with van der Waals surface area (Å²) in [5.74, 6) is -3.18. The van der Waals surface area contributed by atoms with E-state index in [-0.39, 0.29) is 18.1 Å². The lowest BCUT2D eigenvalue weighted by molar-refractivity contribution is -0.139. The van der Waals surface area contributed by atoms with Crippen molar-refractivity contribution in [3.63, 3.8) is 0 Å². The summed E-state index contributed by atoms with van der Waals surface area (Å²) in [7, 11) is 0. The fraction of sp³-hybridized carbons (Fsp3) is 0.415. The molecule has 6 rings (SSSR count). The highest BCUT2D eigenvalue weighted by Gasteiger charge is 2.36. The molecule has 0 spiro atoms. The first kappa shape index (κ1) is 37.9. The van der Waals surface area contributed by atoms with Crippen LogP contribution in [0.15, 0.2) is 72.8 Å². The number of nitrogens with two attached hydrogens (primary N) is 2. The number of nitrogens with zero attached hydrogens (tertiary/aromatic N) is 2. The maximum absolute atomic E-state index is 13.2. The molecule has 0 fully saturated rings. The van der Waals surface area contributed by atoms with Gasteiger partial charge < -0.3 is 40.3 Å². The number of carboxylic acid groups (broad SMARTS) is 2. The molecular formula is C41H48N4O8. The van der Waals surface area contributed by atoms with Crippen LogP contribution in [0.4, 0.5) is 0 Å². The second kappa shape index (κ2) is 15.6. The molecule has 0 radical (unpaired) electrons. The minimum absolute atomic E-state index is 0.134. The van der Waals surface area contributed by atoms with E-state index in [4.69, 9.17) is 20.9 Å². The molecule has 4 atom stereocenters. The molecule has 0 saturated heterocycles.